The first-order valence-corrected chi connectivity index (χ1v) is 7.06. The number of alkyl halides is 1. The molecule has 1 amide bonds. The van der Waals surface area contributed by atoms with E-state index in [2.05, 4.69) is 22.6 Å². The first-order chi connectivity index (χ1) is 7.02. The van der Waals surface area contributed by atoms with Crippen LogP contribution in [0.1, 0.15) is 0 Å². The minimum atomic E-state index is -0.823. The molecule has 0 aromatic carbocycles. The van der Waals surface area contributed by atoms with Gasteiger partial charge in [0.1, 0.15) is 16.8 Å². The number of nitrogens with two attached hydrogens (primary N) is 1. The Bertz CT molecular complexity index is 327. The highest BCUT2D eigenvalue weighted by Gasteiger charge is 2.55. The third-order valence-electron chi connectivity index (χ3n) is 2.90. The summed E-state index contributed by atoms with van der Waals surface area (Å²) in [4.78, 5) is 24.2. The molecule has 2 fully saturated rings. The van der Waals surface area contributed by atoms with Crippen molar-refractivity contribution in [1.29, 1.82) is 0 Å². The van der Waals surface area contributed by atoms with E-state index in [1.54, 1.807) is 4.90 Å². The number of carboxylic acid groups (broad SMARTS) is 1. The standard InChI is InChI=1S/C8H11IN2O3S/c9-1-8(7(13)14)2-11-5(12)4(10)6(11)15-3-8/h4,6H,1-3,10H2,(H,13,14)/t4?,6-,8?/m1/s1. The number of aliphatic carboxylic acids is 1. The molecule has 2 saturated heterocycles. The highest BCUT2D eigenvalue weighted by Crippen LogP contribution is 2.42. The number of carbonyl (C=O) groups excluding carboxylic acids is 1. The van der Waals surface area contributed by atoms with E-state index in [1.807, 2.05) is 0 Å². The average Bonchev–Trinajstić information content (AvgIpc) is 2.26. The molecule has 0 aromatic heterocycles. The van der Waals surface area contributed by atoms with E-state index in [-0.39, 0.29) is 11.3 Å². The van der Waals surface area contributed by atoms with Crippen LogP contribution in [0.4, 0.5) is 0 Å². The van der Waals surface area contributed by atoms with E-state index >= 15 is 0 Å². The zero-order chi connectivity index (χ0) is 11.2. The van der Waals surface area contributed by atoms with Gasteiger partial charge in [-0.15, -0.1) is 11.8 Å². The van der Waals surface area contributed by atoms with Crippen LogP contribution in [0.25, 0.3) is 0 Å². The molecule has 0 radical (unpaired) electrons. The van der Waals surface area contributed by atoms with E-state index < -0.39 is 17.4 Å². The number of hydrogen-bond acceptors (Lipinski definition) is 4. The van der Waals surface area contributed by atoms with Crippen LogP contribution >= 0.6 is 34.4 Å². The monoisotopic (exact) mass is 342 g/mol. The number of β-lactam (4-membered cyclic amide) rings is 1. The molecule has 84 valence electrons. The Kier molecular flexibility index (Phi) is 2.89. The van der Waals surface area contributed by atoms with Crippen molar-refractivity contribution in [3.63, 3.8) is 0 Å². The largest absolute Gasteiger partial charge is 0.481 e. The number of carboxylic acids is 1. The molecule has 2 rings (SSSR count). The zero-order valence-corrected chi connectivity index (χ0v) is 10.8. The lowest BCUT2D eigenvalue weighted by Gasteiger charge is -2.52. The fourth-order valence-electron chi connectivity index (χ4n) is 1.80. The van der Waals surface area contributed by atoms with Crippen LogP contribution in [0.15, 0.2) is 0 Å². The molecule has 3 atom stereocenters. The normalized spacial score (nSPS) is 39.6. The Labute approximate surface area is 105 Å². The lowest BCUT2D eigenvalue weighted by Crippen LogP contribution is -2.72. The molecule has 0 aromatic rings. The molecular weight excluding hydrogens is 331 g/mol. The second-order valence-electron chi connectivity index (χ2n) is 3.91. The van der Waals surface area contributed by atoms with E-state index in [0.29, 0.717) is 16.7 Å². The average molecular weight is 342 g/mol. The van der Waals surface area contributed by atoms with Gasteiger partial charge in [-0.2, -0.15) is 0 Å². The van der Waals surface area contributed by atoms with E-state index in [0.717, 1.165) is 0 Å². The van der Waals surface area contributed by atoms with Gasteiger partial charge in [0.15, 0.2) is 0 Å². The van der Waals surface area contributed by atoms with Crippen LogP contribution in [-0.4, -0.2) is 50.0 Å². The van der Waals surface area contributed by atoms with Gasteiger partial charge in [0.2, 0.25) is 5.91 Å². The van der Waals surface area contributed by atoms with Gasteiger partial charge in [0, 0.05) is 16.7 Å². The van der Waals surface area contributed by atoms with Crippen molar-refractivity contribution < 1.29 is 14.7 Å². The maximum absolute atomic E-state index is 11.4. The third kappa shape index (κ3) is 1.55. The van der Waals surface area contributed by atoms with Gasteiger partial charge in [-0.1, -0.05) is 22.6 Å². The Morgan fingerprint density at radius 3 is 3.00 bits per heavy atom. The molecule has 2 unspecified atom stereocenters. The van der Waals surface area contributed by atoms with E-state index in [1.165, 1.54) is 11.8 Å². The summed E-state index contributed by atoms with van der Waals surface area (Å²) in [6, 6.07) is -0.434. The summed E-state index contributed by atoms with van der Waals surface area (Å²) in [6.07, 6.45) is 0. The minimum absolute atomic E-state index is 0.00655. The van der Waals surface area contributed by atoms with Gasteiger partial charge >= 0.3 is 5.97 Å². The molecule has 0 bridgehead atoms. The molecule has 3 N–H and O–H groups in total. The second-order valence-corrected chi connectivity index (χ2v) is 5.78. The number of rotatable bonds is 2. The van der Waals surface area contributed by atoms with Gasteiger partial charge in [-0.25, -0.2) is 0 Å². The van der Waals surface area contributed by atoms with Gasteiger partial charge in [0.25, 0.3) is 0 Å². The number of amides is 1. The first kappa shape index (κ1) is 11.5. The summed E-state index contributed by atoms with van der Waals surface area (Å²) in [6.45, 7) is 0.301. The SMILES string of the molecule is NC1C(=O)N2CC(CI)(C(=O)O)CS[C@H]12. The van der Waals surface area contributed by atoms with Crippen molar-refractivity contribution in [1.82, 2.24) is 4.90 Å². The summed E-state index contributed by atoms with van der Waals surface area (Å²) in [5.74, 6) is -0.410. The lowest BCUT2D eigenvalue weighted by atomic mass is 9.90. The first-order valence-electron chi connectivity index (χ1n) is 4.49. The molecule has 5 nitrogen and oxygen atoms in total. The highest BCUT2D eigenvalue weighted by atomic mass is 127. The smallest absolute Gasteiger partial charge is 0.313 e. The Morgan fingerprint density at radius 2 is 2.47 bits per heavy atom. The van der Waals surface area contributed by atoms with Crippen molar-refractivity contribution >= 4 is 46.2 Å². The number of thioether (sulfide) groups is 1. The van der Waals surface area contributed by atoms with Crippen LogP contribution in [0.3, 0.4) is 0 Å². The van der Waals surface area contributed by atoms with Gasteiger partial charge in [0.05, 0.1) is 0 Å². The Balaban J connectivity index is 2.15. The highest BCUT2D eigenvalue weighted by molar-refractivity contribution is 14.1. The number of halogens is 1. The van der Waals surface area contributed by atoms with Crippen LogP contribution < -0.4 is 5.73 Å². The van der Waals surface area contributed by atoms with Crippen molar-refractivity contribution in [2.45, 2.75) is 11.4 Å². The van der Waals surface area contributed by atoms with Gasteiger partial charge in [-0.3, -0.25) is 9.59 Å². The summed E-state index contributed by atoms with van der Waals surface area (Å²) in [5, 5.41) is 9.18. The molecule has 0 saturated carbocycles. The molecule has 15 heavy (non-hydrogen) atoms. The minimum Gasteiger partial charge on any atom is -0.481 e. The van der Waals surface area contributed by atoms with Crippen molar-refractivity contribution in [2.75, 3.05) is 16.7 Å². The number of nitrogens with zero attached hydrogens (tertiary/aromatic N) is 1. The molecule has 2 aliphatic rings. The molecule has 2 heterocycles. The lowest BCUT2D eigenvalue weighted by molar-refractivity contribution is -0.155. The van der Waals surface area contributed by atoms with Crippen molar-refractivity contribution in [2.24, 2.45) is 11.1 Å². The fraction of sp³-hybridized carbons (Fsp3) is 0.750. The quantitative estimate of drug-likeness (QED) is 0.410. The summed E-state index contributed by atoms with van der Waals surface area (Å²) < 4.78 is 0.513. The molecule has 0 spiro atoms. The Hall–Kier alpha value is -0.0200. The molecule has 7 heteroatoms. The van der Waals surface area contributed by atoms with Crippen LogP contribution in [0.2, 0.25) is 0 Å². The van der Waals surface area contributed by atoms with E-state index in [9.17, 15) is 14.7 Å². The predicted octanol–water partition coefficient (Wildman–Crippen LogP) is -0.265. The maximum Gasteiger partial charge on any atom is 0.313 e. The Morgan fingerprint density at radius 1 is 1.80 bits per heavy atom. The number of carbonyl (C=O) groups is 2. The molecular formula is C8H11IN2O3S. The topological polar surface area (TPSA) is 83.6 Å². The summed E-state index contributed by atoms with van der Waals surface area (Å²) in [5.41, 5.74) is 4.83. The second kappa shape index (κ2) is 3.77. The van der Waals surface area contributed by atoms with E-state index in [4.69, 9.17) is 5.73 Å². The third-order valence-corrected chi connectivity index (χ3v) is 5.96. The number of hydrogen-bond donors (Lipinski definition) is 2. The van der Waals surface area contributed by atoms with Crippen LogP contribution in [0.5, 0.6) is 0 Å². The number of fused-ring (bicyclic) bond motifs is 1. The summed E-state index contributed by atoms with van der Waals surface area (Å²) in [7, 11) is 0. The van der Waals surface area contributed by atoms with Crippen molar-refractivity contribution in [3.8, 4) is 0 Å². The summed E-state index contributed by atoms with van der Waals surface area (Å²) >= 11 is 3.54. The predicted molar refractivity (Wildman–Crippen MR) is 64.9 cm³/mol. The molecule has 2 aliphatic heterocycles. The molecule has 0 aliphatic carbocycles. The van der Waals surface area contributed by atoms with Gasteiger partial charge < -0.3 is 15.7 Å². The maximum atomic E-state index is 11.4. The van der Waals surface area contributed by atoms with Crippen molar-refractivity contribution in [3.05, 3.63) is 0 Å². The van der Waals surface area contributed by atoms with Crippen LogP contribution in [-0.2, 0) is 9.59 Å². The zero-order valence-electron chi connectivity index (χ0n) is 7.85. The fourth-order valence-corrected chi connectivity index (χ4v) is 4.49. The van der Waals surface area contributed by atoms with Gasteiger partial charge in [-0.05, 0) is 0 Å². The van der Waals surface area contributed by atoms with Crippen LogP contribution in [0, 0.1) is 5.41 Å².